The number of furan rings is 1. The van der Waals surface area contributed by atoms with Crippen LogP contribution in [0.1, 0.15) is 15.9 Å². The number of rotatable bonds is 4. The van der Waals surface area contributed by atoms with Crippen LogP contribution in [-0.2, 0) is 11.3 Å². The van der Waals surface area contributed by atoms with Gasteiger partial charge >= 0.3 is 5.97 Å². The van der Waals surface area contributed by atoms with Gasteiger partial charge in [0.1, 0.15) is 12.3 Å². The Morgan fingerprint density at radius 3 is 2.73 bits per heavy atom. The van der Waals surface area contributed by atoms with E-state index in [4.69, 9.17) is 20.8 Å². The first-order valence-corrected chi connectivity index (χ1v) is 8.44. The van der Waals surface area contributed by atoms with Gasteiger partial charge in [0.2, 0.25) is 0 Å². The van der Waals surface area contributed by atoms with Gasteiger partial charge in [0.05, 0.1) is 17.3 Å². The van der Waals surface area contributed by atoms with Crippen molar-refractivity contribution in [3.8, 4) is 11.5 Å². The molecule has 0 aliphatic heterocycles. The number of pyridine rings is 1. The van der Waals surface area contributed by atoms with Crippen LogP contribution in [0.25, 0.3) is 22.4 Å². The van der Waals surface area contributed by atoms with Gasteiger partial charge in [-0.25, -0.2) is 9.78 Å². The lowest BCUT2D eigenvalue weighted by Gasteiger charge is -2.09. The van der Waals surface area contributed by atoms with Crippen LogP contribution in [0, 0.1) is 0 Å². The second-order valence-electron chi connectivity index (χ2n) is 5.76. The number of esters is 1. The average Bonchev–Trinajstić information content (AvgIpc) is 3.20. The number of carbonyl (C=O) groups is 1. The first-order valence-electron chi connectivity index (χ1n) is 8.06. The van der Waals surface area contributed by atoms with Crippen molar-refractivity contribution in [2.75, 3.05) is 0 Å². The second-order valence-corrected chi connectivity index (χ2v) is 6.19. The monoisotopic (exact) mass is 363 g/mol. The van der Waals surface area contributed by atoms with E-state index in [9.17, 15) is 4.79 Å². The summed E-state index contributed by atoms with van der Waals surface area (Å²) < 4.78 is 10.9. The number of fused-ring (bicyclic) bond motifs is 1. The van der Waals surface area contributed by atoms with Gasteiger partial charge < -0.3 is 9.15 Å². The summed E-state index contributed by atoms with van der Waals surface area (Å²) in [6.07, 6.45) is 1.57. The van der Waals surface area contributed by atoms with Gasteiger partial charge in [0.15, 0.2) is 5.76 Å². The zero-order valence-corrected chi connectivity index (χ0v) is 14.4. The van der Waals surface area contributed by atoms with E-state index in [-0.39, 0.29) is 6.61 Å². The molecule has 5 heteroatoms. The van der Waals surface area contributed by atoms with Crippen LogP contribution in [0.5, 0.6) is 0 Å². The standard InChI is InChI=1S/C21H14ClNO3/c22-15-6-3-5-14(11-15)13-26-21(24)17-12-19(20-9-4-10-25-20)23-18-8-2-1-7-16(17)18/h1-12H,13H2. The molecule has 0 atom stereocenters. The van der Waals surface area contributed by atoms with Crippen LogP contribution in [0.4, 0.5) is 0 Å². The van der Waals surface area contributed by atoms with E-state index in [0.717, 1.165) is 10.9 Å². The van der Waals surface area contributed by atoms with Gasteiger partial charge in [-0.1, -0.05) is 41.9 Å². The predicted octanol–water partition coefficient (Wildman–Crippen LogP) is 5.51. The zero-order valence-electron chi connectivity index (χ0n) is 13.7. The summed E-state index contributed by atoms with van der Waals surface area (Å²) in [6, 6.07) is 20.0. The summed E-state index contributed by atoms with van der Waals surface area (Å²) in [5.41, 5.74) is 2.57. The quantitative estimate of drug-likeness (QED) is 0.449. The van der Waals surface area contributed by atoms with Gasteiger partial charge in [0, 0.05) is 10.4 Å². The fourth-order valence-corrected chi connectivity index (χ4v) is 2.96. The molecule has 128 valence electrons. The normalized spacial score (nSPS) is 10.8. The van der Waals surface area contributed by atoms with E-state index in [1.807, 2.05) is 36.4 Å². The second kappa shape index (κ2) is 7.02. The summed E-state index contributed by atoms with van der Waals surface area (Å²) in [4.78, 5) is 17.3. The lowest BCUT2D eigenvalue weighted by molar-refractivity contribution is 0.0475. The molecule has 0 amide bonds. The van der Waals surface area contributed by atoms with Crippen LogP contribution in [0.3, 0.4) is 0 Å². The predicted molar refractivity (Wildman–Crippen MR) is 100 cm³/mol. The number of hydrogen-bond acceptors (Lipinski definition) is 4. The van der Waals surface area contributed by atoms with Crippen molar-refractivity contribution < 1.29 is 13.9 Å². The number of nitrogens with zero attached hydrogens (tertiary/aromatic N) is 1. The van der Waals surface area contributed by atoms with Gasteiger partial charge in [-0.05, 0) is 42.0 Å². The molecule has 0 N–H and O–H groups in total. The molecule has 0 aliphatic rings. The Balaban J connectivity index is 1.69. The highest BCUT2D eigenvalue weighted by molar-refractivity contribution is 6.30. The first-order chi connectivity index (χ1) is 12.7. The van der Waals surface area contributed by atoms with Crippen LogP contribution >= 0.6 is 11.6 Å². The lowest BCUT2D eigenvalue weighted by atomic mass is 10.1. The SMILES string of the molecule is O=C(OCc1cccc(Cl)c1)c1cc(-c2ccco2)nc2ccccc12. The topological polar surface area (TPSA) is 52.3 Å². The van der Waals surface area contributed by atoms with Crippen molar-refractivity contribution in [2.24, 2.45) is 0 Å². The summed E-state index contributed by atoms with van der Waals surface area (Å²) in [5.74, 6) is 0.177. The molecule has 0 saturated heterocycles. The molecular weight excluding hydrogens is 350 g/mol. The molecule has 0 unspecified atom stereocenters. The fraction of sp³-hybridized carbons (Fsp3) is 0.0476. The van der Waals surface area contributed by atoms with Gasteiger partial charge in [-0.3, -0.25) is 0 Å². The molecule has 0 bridgehead atoms. The Kier molecular flexibility index (Phi) is 4.42. The fourth-order valence-electron chi connectivity index (χ4n) is 2.75. The number of benzene rings is 2. The van der Waals surface area contributed by atoms with Gasteiger partial charge in [-0.2, -0.15) is 0 Å². The highest BCUT2D eigenvalue weighted by Gasteiger charge is 2.16. The Hall–Kier alpha value is -3.11. The Bertz CT molecular complexity index is 1070. The number of carbonyl (C=O) groups excluding carboxylic acids is 1. The van der Waals surface area contributed by atoms with Gasteiger partial charge in [-0.15, -0.1) is 0 Å². The lowest BCUT2D eigenvalue weighted by Crippen LogP contribution is -2.07. The van der Waals surface area contributed by atoms with Crippen LogP contribution in [0.15, 0.2) is 77.4 Å². The van der Waals surface area contributed by atoms with Crippen molar-refractivity contribution >= 4 is 28.5 Å². The Morgan fingerprint density at radius 2 is 1.92 bits per heavy atom. The smallest absolute Gasteiger partial charge is 0.339 e. The molecule has 2 heterocycles. The van der Waals surface area contributed by atoms with E-state index < -0.39 is 5.97 Å². The minimum Gasteiger partial charge on any atom is -0.463 e. The average molecular weight is 364 g/mol. The third-order valence-corrected chi connectivity index (χ3v) is 4.20. The van der Waals surface area contributed by atoms with Crippen LogP contribution < -0.4 is 0 Å². The summed E-state index contributed by atoms with van der Waals surface area (Å²) >= 11 is 5.97. The summed E-state index contributed by atoms with van der Waals surface area (Å²) in [6.45, 7) is 0.145. The maximum atomic E-state index is 12.7. The molecule has 4 nitrogen and oxygen atoms in total. The molecule has 0 spiro atoms. The maximum Gasteiger partial charge on any atom is 0.339 e. The van der Waals surface area contributed by atoms with E-state index in [2.05, 4.69) is 4.98 Å². The van der Waals surface area contributed by atoms with E-state index in [0.29, 0.717) is 27.6 Å². The van der Waals surface area contributed by atoms with Crippen LogP contribution in [-0.4, -0.2) is 11.0 Å². The molecule has 0 radical (unpaired) electrons. The number of hydrogen-bond donors (Lipinski definition) is 0. The van der Waals surface area contributed by atoms with Crippen molar-refractivity contribution in [3.05, 3.63) is 89.1 Å². The number of para-hydroxylation sites is 1. The van der Waals surface area contributed by atoms with E-state index in [1.54, 1.807) is 36.6 Å². The van der Waals surface area contributed by atoms with Crippen LogP contribution in [0.2, 0.25) is 5.02 Å². The van der Waals surface area contributed by atoms with E-state index >= 15 is 0 Å². The Morgan fingerprint density at radius 1 is 1.04 bits per heavy atom. The molecule has 4 aromatic rings. The largest absolute Gasteiger partial charge is 0.463 e. The van der Waals surface area contributed by atoms with Gasteiger partial charge in [0.25, 0.3) is 0 Å². The first kappa shape index (κ1) is 16.4. The third-order valence-electron chi connectivity index (χ3n) is 3.97. The molecule has 0 fully saturated rings. The maximum absolute atomic E-state index is 12.7. The summed E-state index contributed by atoms with van der Waals surface area (Å²) in [5, 5.41) is 1.34. The van der Waals surface area contributed by atoms with Crippen molar-refractivity contribution in [2.45, 2.75) is 6.61 Å². The molecule has 4 rings (SSSR count). The van der Waals surface area contributed by atoms with Crippen molar-refractivity contribution in [1.29, 1.82) is 0 Å². The zero-order chi connectivity index (χ0) is 17.9. The number of halogens is 1. The minimum absolute atomic E-state index is 0.145. The van der Waals surface area contributed by atoms with E-state index in [1.165, 1.54) is 0 Å². The van der Waals surface area contributed by atoms with Crippen molar-refractivity contribution in [1.82, 2.24) is 4.98 Å². The molecule has 2 aromatic heterocycles. The molecule has 2 aromatic carbocycles. The highest BCUT2D eigenvalue weighted by atomic mass is 35.5. The molecule has 0 aliphatic carbocycles. The molecule has 26 heavy (non-hydrogen) atoms. The third kappa shape index (κ3) is 3.32. The number of aromatic nitrogens is 1. The minimum atomic E-state index is -0.420. The van der Waals surface area contributed by atoms with Crippen molar-refractivity contribution in [3.63, 3.8) is 0 Å². The highest BCUT2D eigenvalue weighted by Crippen LogP contribution is 2.26. The summed E-state index contributed by atoms with van der Waals surface area (Å²) in [7, 11) is 0. The Labute approximate surface area is 155 Å². The molecule has 0 saturated carbocycles. The number of ether oxygens (including phenoxy) is 1. The molecular formula is C21H14ClNO3.